The van der Waals surface area contributed by atoms with E-state index in [0.717, 1.165) is 43.4 Å². The maximum atomic E-state index is 9.38. The summed E-state index contributed by atoms with van der Waals surface area (Å²) in [4.78, 5) is 4.15. The molecular weight excluding hydrogens is 250 g/mol. The van der Waals surface area contributed by atoms with Gasteiger partial charge in [-0.2, -0.15) is 5.26 Å². The van der Waals surface area contributed by atoms with Crippen LogP contribution in [0.4, 0.5) is 0 Å². The molecule has 0 aromatic rings. The van der Waals surface area contributed by atoms with Crippen LogP contribution in [-0.2, 0) is 0 Å². The maximum Gasteiger partial charge on any atom is 0.124 e. The molecule has 0 radical (unpaired) electrons. The lowest BCUT2D eigenvalue weighted by Crippen LogP contribution is -2.35. The Labute approximate surface area is 119 Å². The fourth-order valence-electron chi connectivity index (χ4n) is 3.30. The molecule has 2 unspecified atom stereocenters. The largest absolute Gasteiger partial charge is 0.346 e. The van der Waals surface area contributed by atoms with Crippen LogP contribution in [0.25, 0.3) is 0 Å². The summed E-state index contributed by atoms with van der Waals surface area (Å²) in [5, 5.41) is 12.6. The first-order valence-electron chi connectivity index (χ1n) is 7.29. The van der Waals surface area contributed by atoms with Crippen molar-refractivity contribution in [3.8, 4) is 6.07 Å². The number of allylic oxidation sites excluding steroid dienone is 2. The molecule has 20 heavy (non-hydrogen) atoms. The highest BCUT2D eigenvalue weighted by atomic mass is 15.1. The van der Waals surface area contributed by atoms with Gasteiger partial charge < -0.3 is 16.8 Å². The molecule has 2 atom stereocenters. The summed E-state index contributed by atoms with van der Waals surface area (Å²) in [5.74, 6) is 0.375. The summed E-state index contributed by atoms with van der Waals surface area (Å²) in [7, 11) is 0. The van der Waals surface area contributed by atoms with Crippen molar-refractivity contribution in [2.45, 2.75) is 38.3 Å². The van der Waals surface area contributed by atoms with Gasteiger partial charge in [0.1, 0.15) is 6.17 Å². The predicted octanol–water partition coefficient (Wildman–Crippen LogP) is 1.15. The number of nitriles is 1. The Kier molecular flexibility index (Phi) is 3.36. The number of hydrogen-bond acceptors (Lipinski definition) is 5. The Morgan fingerprint density at radius 2 is 2.30 bits per heavy atom. The van der Waals surface area contributed by atoms with E-state index in [0.29, 0.717) is 12.5 Å². The van der Waals surface area contributed by atoms with Gasteiger partial charge in [0.25, 0.3) is 0 Å². The summed E-state index contributed by atoms with van der Waals surface area (Å²) in [6.07, 6.45) is 8.92. The molecule has 1 aliphatic heterocycles. The average molecular weight is 271 g/mol. The SMILES string of the molecule is N#CC1(C2C=C(C3=C(CN)C(N)N=CN3)CCC2)CC1. The lowest BCUT2D eigenvalue weighted by molar-refractivity contribution is 0.406. The molecule has 0 aromatic heterocycles. The zero-order chi connectivity index (χ0) is 14.2. The van der Waals surface area contributed by atoms with Crippen LogP contribution >= 0.6 is 0 Å². The Bertz CT molecular complexity index is 533. The number of nitrogens with one attached hydrogen (secondary N) is 1. The summed E-state index contributed by atoms with van der Waals surface area (Å²) < 4.78 is 0. The summed E-state index contributed by atoms with van der Waals surface area (Å²) >= 11 is 0. The molecule has 1 heterocycles. The van der Waals surface area contributed by atoms with Crippen LogP contribution in [0.3, 0.4) is 0 Å². The topological polar surface area (TPSA) is 100 Å². The summed E-state index contributed by atoms with van der Waals surface area (Å²) in [5.41, 5.74) is 15.0. The minimum atomic E-state index is -0.344. The van der Waals surface area contributed by atoms with Gasteiger partial charge in [-0.25, -0.2) is 0 Å². The first kappa shape index (κ1) is 13.3. The third-order valence-corrected chi connectivity index (χ3v) is 4.75. The van der Waals surface area contributed by atoms with Crippen molar-refractivity contribution >= 4 is 6.34 Å². The van der Waals surface area contributed by atoms with Crippen molar-refractivity contribution in [1.82, 2.24) is 5.32 Å². The van der Waals surface area contributed by atoms with E-state index in [1.807, 2.05) is 0 Å². The van der Waals surface area contributed by atoms with E-state index in [1.54, 1.807) is 6.34 Å². The minimum absolute atomic E-state index is 0.0972. The van der Waals surface area contributed by atoms with Gasteiger partial charge in [0.05, 0.1) is 17.8 Å². The van der Waals surface area contributed by atoms with E-state index < -0.39 is 0 Å². The highest BCUT2D eigenvalue weighted by Crippen LogP contribution is 2.55. The quantitative estimate of drug-likeness (QED) is 0.716. The highest BCUT2D eigenvalue weighted by molar-refractivity contribution is 5.64. The van der Waals surface area contributed by atoms with Gasteiger partial charge in [0.15, 0.2) is 0 Å². The number of rotatable bonds is 3. The van der Waals surface area contributed by atoms with Crippen molar-refractivity contribution in [3.63, 3.8) is 0 Å². The lowest BCUT2D eigenvalue weighted by atomic mass is 9.79. The molecule has 5 nitrogen and oxygen atoms in total. The third-order valence-electron chi connectivity index (χ3n) is 4.75. The molecular formula is C15H21N5. The molecule has 5 N–H and O–H groups in total. The molecule has 106 valence electrons. The van der Waals surface area contributed by atoms with Crippen molar-refractivity contribution < 1.29 is 0 Å². The molecule has 5 heteroatoms. The van der Waals surface area contributed by atoms with Crippen LogP contribution in [0, 0.1) is 22.7 Å². The van der Waals surface area contributed by atoms with Crippen LogP contribution in [0.2, 0.25) is 0 Å². The molecule has 0 spiro atoms. The monoisotopic (exact) mass is 271 g/mol. The van der Waals surface area contributed by atoms with Gasteiger partial charge >= 0.3 is 0 Å². The molecule has 3 rings (SSSR count). The van der Waals surface area contributed by atoms with Crippen LogP contribution in [0.15, 0.2) is 27.9 Å². The predicted molar refractivity (Wildman–Crippen MR) is 78.4 cm³/mol. The average Bonchev–Trinajstić information content (AvgIpc) is 3.28. The first-order valence-corrected chi connectivity index (χ1v) is 7.29. The Morgan fingerprint density at radius 1 is 1.50 bits per heavy atom. The van der Waals surface area contributed by atoms with Crippen LogP contribution in [-0.4, -0.2) is 19.0 Å². The number of nitrogens with zero attached hydrogens (tertiary/aromatic N) is 2. The van der Waals surface area contributed by atoms with Gasteiger partial charge in [0.2, 0.25) is 0 Å². The molecule has 1 fully saturated rings. The van der Waals surface area contributed by atoms with E-state index in [9.17, 15) is 5.26 Å². The van der Waals surface area contributed by atoms with Crippen molar-refractivity contribution in [2.75, 3.05) is 6.54 Å². The second-order valence-corrected chi connectivity index (χ2v) is 5.93. The zero-order valence-electron chi connectivity index (χ0n) is 11.6. The standard InChI is InChI=1S/C15H21N5/c16-7-12-13(19-9-20-14(12)18)10-2-1-3-11(6-10)15(8-17)4-5-15/h6,9,11,14H,1-5,7,16,18H2,(H,19,20). The lowest BCUT2D eigenvalue weighted by Gasteiger charge is -2.29. The first-order chi connectivity index (χ1) is 9.70. The van der Waals surface area contributed by atoms with Gasteiger partial charge in [-0.05, 0) is 43.6 Å². The summed E-state index contributed by atoms with van der Waals surface area (Å²) in [6.45, 7) is 0.409. The Balaban J connectivity index is 1.91. The maximum absolute atomic E-state index is 9.38. The highest BCUT2D eigenvalue weighted by Gasteiger charge is 2.49. The van der Waals surface area contributed by atoms with E-state index in [-0.39, 0.29) is 11.6 Å². The van der Waals surface area contributed by atoms with Crippen molar-refractivity contribution in [3.05, 3.63) is 22.9 Å². The van der Waals surface area contributed by atoms with Crippen LogP contribution in [0.5, 0.6) is 0 Å². The van der Waals surface area contributed by atoms with E-state index in [2.05, 4.69) is 22.5 Å². The number of hydrogen-bond donors (Lipinski definition) is 3. The molecule has 0 saturated heterocycles. The van der Waals surface area contributed by atoms with Crippen molar-refractivity contribution in [2.24, 2.45) is 27.8 Å². The fraction of sp³-hybridized carbons (Fsp3) is 0.600. The number of nitrogens with two attached hydrogens (primary N) is 2. The zero-order valence-corrected chi connectivity index (χ0v) is 11.6. The van der Waals surface area contributed by atoms with Crippen LogP contribution < -0.4 is 16.8 Å². The second kappa shape index (κ2) is 5.04. The molecule has 3 aliphatic rings. The van der Waals surface area contributed by atoms with Gasteiger partial charge in [0, 0.05) is 17.8 Å². The second-order valence-electron chi connectivity index (χ2n) is 5.93. The van der Waals surface area contributed by atoms with E-state index >= 15 is 0 Å². The molecule has 0 bridgehead atoms. The van der Waals surface area contributed by atoms with Gasteiger partial charge in [-0.3, -0.25) is 4.99 Å². The third kappa shape index (κ3) is 2.15. The van der Waals surface area contributed by atoms with E-state index in [1.165, 1.54) is 5.57 Å². The molecule has 0 amide bonds. The normalized spacial score (nSPS) is 31.4. The molecule has 2 aliphatic carbocycles. The van der Waals surface area contributed by atoms with Gasteiger partial charge in [-0.1, -0.05) is 6.08 Å². The fourth-order valence-corrected chi connectivity index (χ4v) is 3.30. The Morgan fingerprint density at radius 3 is 2.95 bits per heavy atom. The number of aliphatic imine (C=N–C) groups is 1. The summed E-state index contributed by atoms with van der Waals surface area (Å²) in [6, 6.07) is 2.52. The molecule has 1 saturated carbocycles. The minimum Gasteiger partial charge on any atom is -0.346 e. The molecule has 0 aromatic carbocycles. The smallest absolute Gasteiger partial charge is 0.124 e. The Hall–Kier alpha value is -1.64. The van der Waals surface area contributed by atoms with Crippen molar-refractivity contribution in [1.29, 1.82) is 5.26 Å². The van der Waals surface area contributed by atoms with Crippen LogP contribution in [0.1, 0.15) is 32.1 Å². The van der Waals surface area contributed by atoms with E-state index in [4.69, 9.17) is 11.5 Å². The van der Waals surface area contributed by atoms with Gasteiger partial charge in [-0.15, -0.1) is 0 Å².